The molecule has 1 unspecified atom stereocenters. The average molecular weight is 265 g/mol. The lowest BCUT2D eigenvalue weighted by Gasteiger charge is -2.34. The van der Waals surface area contributed by atoms with Crippen LogP contribution in [-0.2, 0) is 10.2 Å². The van der Waals surface area contributed by atoms with Gasteiger partial charge in [-0.2, -0.15) is 5.10 Å². The summed E-state index contributed by atoms with van der Waals surface area (Å²) in [7, 11) is 0. The van der Waals surface area contributed by atoms with Crippen LogP contribution in [0, 0.1) is 0 Å². The Labute approximate surface area is 109 Å². The van der Waals surface area contributed by atoms with Gasteiger partial charge in [-0.05, 0) is 12.8 Å². The zero-order valence-corrected chi connectivity index (χ0v) is 10.6. The number of aromatic nitrogens is 3. The lowest BCUT2D eigenvalue weighted by molar-refractivity contribution is 0.172. The fraction of sp³-hybridized carbons (Fsp3) is 0.500. The maximum absolute atomic E-state index is 6.00. The zero-order valence-electron chi connectivity index (χ0n) is 9.82. The topological polar surface area (TPSA) is 51.5 Å². The third-order valence-corrected chi connectivity index (χ3v) is 4.16. The maximum Gasteiger partial charge on any atom is 0.156 e. The number of nitrogens with one attached hydrogen (secondary N) is 1. The normalized spacial score (nSPS) is 26.5. The van der Waals surface area contributed by atoms with Gasteiger partial charge in [0.1, 0.15) is 0 Å². The molecule has 2 aliphatic heterocycles. The van der Waals surface area contributed by atoms with E-state index in [2.05, 4.69) is 15.4 Å². The van der Waals surface area contributed by atoms with Crippen LogP contribution in [0.25, 0.3) is 5.65 Å². The highest BCUT2D eigenvalue weighted by molar-refractivity contribution is 6.29. The molecule has 0 amide bonds. The molecule has 0 saturated carbocycles. The van der Waals surface area contributed by atoms with Gasteiger partial charge >= 0.3 is 0 Å². The van der Waals surface area contributed by atoms with Gasteiger partial charge in [-0.15, -0.1) is 0 Å². The summed E-state index contributed by atoms with van der Waals surface area (Å²) in [6, 6.07) is 1.79. The summed E-state index contributed by atoms with van der Waals surface area (Å²) in [4.78, 5) is 4.38. The molecule has 4 rings (SSSR count). The molecule has 4 heterocycles. The molecular weight excluding hydrogens is 252 g/mol. The highest BCUT2D eigenvalue weighted by Crippen LogP contribution is 2.42. The molecule has 6 heteroatoms. The van der Waals surface area contributed by atoms with Gasteiger partial charge in [-0.1, -0.05) is 11.6 Å². The second-order valence-electron chi connectivity index (χ2n) is 5.02. The average Bonchev–Trinajstić information content (AvgIpc) is 2.95. The molecule has 18 heavy (non-hydrogen) atoms. The van der Waals surface area contributed by atoms with Crippen molar-refractivity contribution < 1.29 is 4.74 Å². The molecule has 1 atom stereocenters. The Bertz CT molecular complexity index is 618. The van der Waals surface area contributed by atoms with Gasteiger partial charge in [-0.25, -0.2) is 9.50 Å². The van der Waals surface area contributed by atoms with Crippen molar-refractivity contribution >= 4 is 22.9 Å². The van der Waals surface area contributed by atoms with Crippen LogP contribution in [0.15, 0.2) is 12.3 Å². The molecule has 0 bridgehead atoms. The zero-order chi connectivity index (χ0) is 12.2. The van der Waals surface area contributed by atoms with Crippen LogP contribution in [-0.4, -0.2) is 34.4 Å². The summed E-state index contributed by atoms with van der Waals surface area (Å²) in [6.45, 7) is 2.54. The fourth-order valence-corrected chi connectivity index (χ4v) is 3.26. The van der Waals surface area contributed by atoms with Crippen molar-refractivity contribution in [3.05, 3.63) is 23.1 Å². The number of anilines is 1. The van der Waals surface area contributed by atoms with Crippen molar-refractivity contribution in [2.24, 2.45) is 0 Å². The number of hydrogen-bond donors (Lipinski definition) is 1. The SMILES string of the molecule is Clc1cc2ncc3c(n2n1)C1(CCN3)CCOC1. The maximum atomic E-state index is 6.00. The first-order chi connectivity index (χ1) is 8.78. The number of ether oxygens (including phenoxy) is 1. The van der Waals surface area contributed by atoms with E-state index in [0.29, 0.717) is 5.15 Å². The summed E-state index contributed by atoms with van der Waals surface area (Å²) in [5.74, 6) is 0. The van der Waals surface area contributed by atoms with Crippen LogP contribution in [0.2, 0.25) is 5.15 Å². The molecule has 1 saturated heterocycles. The lowest BCUT2D eigenvalue weighted by atomic mass is 9.77. The van der Waals surface area contributed by atoms with E-state index >= 15 is 0 Å². The second-order valence-corrected chi connectivity index (χ2v) is 5.40. The van der Waals surface area contributed by atoms with Crippen molar-refractivity contribution in [2.45, 2.75) is 18.3 Å². The van der Waals surface area contributed by atoms with E-state index in [9.17, 15) is 0 Å². The largest absolute Gasteiger partial charge is 0.382 e. The van der Waals surface area contributed by atoms with E-state index in [0.717, 1.165) is 43.9 Å². The Hall–Kier alpha value is -1.33. The molecule has 2 aromatic heterocycles. The fourth-order valence-electron chi connectivity index (χ4n) is 3.09. The Kier molecular flexibility index (Phi) is 2.11. The summed E-state index contributed by atoms with van der Waals surface area (Å²) in [5.41, 5.74) is 3.09. The van der Waals surface area contributed by atoms with E-state index in [1.807, 2.05) is 10.7 Å². The molecule has 2 aliphatic rings. The highest BCUT2D eigenvalue weighted by Gasteiger charge is 2.42. The number of halogens is 1. The number of rotatable bonds is 0. The van der Waals surface area contributed by atoms with Crippen LogP contribution in [0.1, 0.15) is 18.5 Å². The number of hydrogen-bond acceptors (Lipinski definition) is 4. The molecule has 1 N–H and O–H groups in total. The van der Waals surface area contributed by atoms with Crippen LogP contribution >= 0.6 is 11.6 Å². The molecule has 1 fully saturated rings. The Morgan fingerprint density at radius 1 is 1.44 bits per heavy atom. The molecule has 1 spiro atoms. The van der Waals surface area contributed by atoms with E-state index < -0.39 is 0 Å². The second kappa shape index (κ2) is 3.59. The van der Waals surface area contributed by atoms with Gasteiger partial charge in [0, 0.05) is 24.6 Å². The van der Waals surface area contributed by atoms with E-state index in [1.54, 1.807) is 6.07 Å². The standard InChI is InChI=1S/C12H13ClN4O/c13-9-5-10-15-6-8-11(17(10)16-9)12(1-3-14-8)2-4-18-7-12/h5-6,14H,1-4,7H2. The van der Waals surface area contributed by atoms with Gasteiger partial charge in [-0.3, -0.25) is 0 Å². The van der Waals surface area contributed by atoms with E-state index in [-0.39, 0.29) is 5.41 Å². The van der Waals surface area contributed by atoms with Crippen molar-refractivity contribution in [2.75, 3.05) is 25.1 Å². The summed E-state index contributed by atoms with van der Waals surface area (Å²) >= 11 is 6.00. The van der Waals surface area contributed by atoms with Crippen LogP contribution in [0.3, 0.4) is 0 Å². The van der Waals surface area contributed by atoms with E-state index in [1.165, 1.54) is 5.69 Å². The minimum absolute atomic E-state index is 0.0666. The Morgan fingerprint density at radius 3 is 3.22 bits per heavy atom. The van der Waals surface area contributed by atoms with Gasteiger partial charge in [0.25, 0.3) is 0 Å². The smallest absolute Gasteiger partial charge is 0.156 e. The quantitative estimate of drug-likeness (QED) is 0.789. The third-order valence-electron chi connectivity index (χ3n) is 3.98. The van der Waals surface area contributed by atoms with Gasteiger partial charge in [0.15, 0.2) is 10.8 Å². The lowest BCUT2D eigenvalue weighted by Crippen LogP contribution is -2.37. The van der Waals surface area contributed by atoms with Crippen LogP contribution < -0.4 is 5.32 Å². The van der Waals surface area contributed by atoms with Crippen molar-refractivity contribution in [3.8, 4) is 0 Å². The monoisotopic (exact) mass is 264 g/mol. The van der Waals surface area contributed by atoms with E-state index in [4.69, 9.17) is 16.3 Å². The highest BCUT2D eigenvalue weighted by atomic mass is 35.5. The summed E-state index contributed by atoms with van der Waals surface area (Å²) in [6.07, 6.45) is 3.98. The first kappa shape index (κ1) is 10.6. The van der Waals surface area contributed by atoms with Crippen molar-refractivity contribution in [1.82, 2.24) is 14.6 Å². The Balaban J connectivity index is 2.04. The van der Waals surface area contributed by atoms with Gasteiger partial charge < -0.3 is 10.1 Å². The molecule has 5 nitrogen and oxygen atoms in total. The number of nitrogens with zero attached hydrogens (tertiary/aromatic N) is 3. The molecule has 2 aromatic rings. The molecule has 0 aliphatic carbocycles. The molecular formula is C12H13ClN4O. The van der Waals surface area contributed by atoms with Crippen LogP contribution in [0.5, 0.6) is 0 Å². The molecule has 0 aromatic carbocycles. The first-order valence-electron chi connectivity index (χ1n) is 6.15. The minimum atomic E-state index is 0.0666. The first-order valence-corrected chi connectivity index (χ1v) is 6.53. The predicted octanol–water partition coefficient (Wildman–Crippen LogP) is 1.86. The molecule has 0 radical (unpaired) electrons. The minimum Gasteiger partial charge on any atom is -0.382 e. The van der Waals surface area contributed by atoms with Crippen molar-refractivity contribution in [3.63, 3.8) is 0 Å². The van der Waals surface area contributed by atoms with Gasteiger partial charge in [0.2, 0.25) is 0 Å². The third kappa shape index (κ3) is 1.31. The van der Waals surface area contributed by atoms with Crippen LogP contribution in [0.4, 0.5) is 5.69 Å². The predicted molar refractivity (Wildman–Crippen MR) is 68.2 cm³/mol. The molecule has 94 valence electrons. The number of fused-ring (bicyclic) bond motifs is 4. The summed E-state index contributed by atoms with van der Waals surface area (Å²) in [5, 5.41) is 8.24. The Morgan fingerprint density at radius 2 is 2.39 bits per heavy atom. The summed E-state index contributed by atoms with van der Waals surface area (Å²) < 4.78 is 7.50. The van der Waals surface area contributed by atoms with Gasteiger partial charge in [0.05, 0.1) is 24.2 Å². The van der Waals surface area contributed by atoms with Crippen molar-refractivity contribution in [1.29, 1.82) is 0 Å².